The third-order valence-corrected chi connectivity index (χ3v) is 6.40. The zero-order chi connectivity index (χ0) is 19.1. The molecule has 4 aromatic rings. The van der Waals surface area contributed by atoms with Gasteiger partial charge in [0.1, 0.15) is 5.01 Å². The molecule has 1 aromatic carbocycles. The maximum absolute atomic E-state index is 13.2. The molecule has 0 fully saturated rings. The van der Waals surface area contributed by atoms with E-state index < -0.39 is 5.92 Å². The van der Waals surface area contributed by atoms with E-state index >= 15 is 0 Å². The van der Waals surface area contributed by atoms with Gasteiger partial charge in [-0.05, 0) is 38.1 Å². The van der Waals surface area contributed by atoms with E-state index in [1.54, 1.807) is 18.3 Å². The molecule has 134 valence electrons. The fraction of sp³-hybridized carbons (Fsp3) is 0.158. The number of aryl methyl sites for hydroxylation is 1. The number of ketones is 1. The molecular formula is C19H13ClN4OS2. The topological polar surface area (TPSA) is 71.6 Å². The number of halogens is 1. The van der Waals surface area contributed by atoms with E-state index in [9.17, 15) is 10.1 Å². The fourth-order valence-electron chi connectivity index (χ4n) is 3.06. The molecule has 3 aromatic heterocycles. The lowest BCUT2D eigenvalue weighted by Crippen LogP contribution is -2.12. The first-order valence-corrected chi connectivity index (χ1v) is 10.2. The quantitative estimate of drug-likeness (QED) is 0.426. The van der Waals surface area contributed by atoms with Crippen LogP contribution in [0.25, 0.3) is 15.3 Å². The van der Waals surface area contributed by atoms with Crippen molar-refractivity contribution in [3.8, 4) is 11.2 Å². The van der Waals surface area contributed by atoms with E-state index in [2.05, 4.69) is 16.0 Å². The molecule has 4 rings (SSSR count). The summed E-state index contributed by atoms with van der Waals surface area (Å²) in [6.07, 6.45) is 1.73. The Morgan fingerprint density at radius 1 is 1.33 bits per heavy atom. The van der Waals surface area contributed by atoms with Crippen molar-refractivity contribution in [2.24, 2.45) is 0 Å². The molecule has 8 heteroatoms. The number of carbonyl (C=O) groups excluding carboxylic acids is 1. The summed E-state index contributed by atoms with van der Waals surface area (Å²) in [5, 5.41) is 13.4. The highest BCUT2D eigenvalue weighted by atomic mass is 35.5. The number of fused-ring (bicyclic) bond motifs is 1. The molecule has 0 radical (unpaired) electrons. The van der Waals surface area contributed by atoms with E-state index in [1.165, 1.54) is 22.7 Å². The van der Waals surface area contributed by atoms with Crippen molar-refractivity contribution < 1.29 is 4.79 Å². The van der Waals surface area contributed by atoms with Crippen LogP contribution < -0.4 is 0 Å². The highest BCUT2D eigenvalue weighted by molar-refractivity contribution is 7.18. The van der Waals surface area contributed by atoms with Gasteiger partial charge in [-0.2, -0.15) is 5.26 Å². The summed E-state index contributed by atoms with van der Waals surface area (Å²) in [7, 11) is 0. The molecule has 0 saturated heterocycles. The van der Waals surface area contributed by atoms with Crippen molar-refractivity contribution in [2.45, 2.75) is 19.8 Å². The van der Waals surface area contributed by atoms with Gasteiger partial charge >= 0.3 is 0 Å². The van der Waals surface area contributed by atoms with Crippen molar-refractivity contribution in [3.05, 3.63) is 62.8 Å². The van der Waals surface area contributed by atoms with Gasteiger partial charge < -0.3 is 0 Å². The van der Waals surface area contributed by atoms with Crippen molar-refractivity contribution in [3.63, 3.8) is 0 Å². The highest BCUT2D eigenvalue weighted by Gasteiger charge is 2.29. The van der Waals surface area contributed by atoms with E-state index in [1.807, 2.05) is 35.9 Å². The lowest BCUT2D eigenvalue weighted by Gasteiger charge is -2.07. The summed E-state index contributed by atoms with van der Waals surface area (Å²) >= 11 is 8.86. The van der Waals surface area contributed by atoms with E-state index in [0.717, 1.165) is 21.2 Å². The Hall–Kier alpha value is -2.53. The maximum Gasteiger partial charge on any atom is 0.193 e. The van der Waals surface area contributed by atoms with Crippen LogP contribution in [0.4, 0.5) is 0 Å². The van der Waals surface area contributed by atoms with Gasteiger partial charge in [-0.25, -0.2) is 9.97 Å². The SMILES string of the molecule is Cc1cc(C(=O)C(C#N)c2nc3cc(Cl)ccc3s2)c(C)n1-c1nccs1. The number of hydrogen-bond donors (Lipinski definition) is 0. The summed E-state index contributed by atoms with van der Waals surface area (Å²) in [5.41, 5.74) is 2.89. The van der Waals surface area contributed by atoms with Crippen LogP contribution in [0.1, 0.15) is 32.7 Å². The van der Waals surface area contributed by atoms with Crippen LogP contribution in [-0.2, 0) is 0 Å². The van der Waals surface area contributed by atoms with Gasteiger partial charge in [0.25, 0.3) is 0 Å². The molecule has 0 spiro atoms. The summed E-state index contributed by atoms with van der Waals surface area (Å²) in [5.74, 6) is -1.20. The first-order valence-electron chi connectivity index (χ1n) is 8.08. The summed E-state index contributed by atoms with van der Waals surface area (Å²) in [6.45, 7) is 3.79. The largest absolute Gasteiger partial charge is 0.294 e. The summed E-state index contributed by atoms with van der Waals surface area (Å²) in [4.78, 5) is 22.0. The lowest BCUT2D eigenvalue weighted by molar-refractivity contribution is 0.0978. The number of carbonyl (C=O) groups is 1. The van der Waals surface area contributed by atoms with Crippen LogP contribution in [0.2, 0.25) is 5.02 Å². The second-order valence-corrected chi connectivity index (χ2v) is 8.40. The molecule has 0 saturated carbocycles. The van der Waals surface area contributed by atoms with Crippen LogP contribution >= 0.6 is 34.3 Å². The van der Waals surface area contributed by atoms with Gasteiger partial charge in [0.2, 0.25) is 0 Å². The third-order valence-electron chi connectivity index (χ3n) is 4.31. The molecule has 3 heterocycles. The van der Waals surface area contributed by atoms with Crippen molar-refractivity contribution >= 4 is 50.3 Å². The first kappa shape index (κ1) is 17.9. The number of thiazole rings is 2. The highest BCUT2D eigenvalue weighted by Crippen LogP contribution is 2.32. The van der Waals surface area contributed by atoms with E-state index in [4.69, 9.17) is 11.6 Å². The summed E-state index contributed by atoms with van der Waals surface area (Å²) in [6, 6.07) is 9.31. The van der Waals surface area contributed by atoms with Crippen LogP contribution in [0.3, 0.4) is 0 Å². The number of nitrogens with zero attached hydrogens (tertiary/aromatic N) is 4. The number of benzene rings is 1. The molecule has 0 aliphatic rings. The van der Waals surface area contributed by atoms with Gasteiger partial charge in [0.15, 0.2) is 16.8 Å². The second-order valence-electron chi connectivity index (χ2n) is 6.03. The normalized spacial score (nSPS) is 12.2. The van der Waals surface area contributed by atoms with Gasteiger partial charge in [0, 0.05) is 33.6 Å². The predicted molar refractivity (Wildman–Crippen MR) is 108 cm³/mol. The molecule has 5 nitrogen and oxygen atoms in total. The van der Waals surface area contributed by atoms with E-state index in [0.29, 0.717) is 21.1 Å². The van der Waals surface area contributed by atoms with Crippen LogP contribution in [0.15, 0.2) is 35.8 Å². The molecule has 1 unspecified atom stereocenters. The number of nitriles is 1. The second kappa shape index (κ2) is 6.89. The van der Waals surface area contributed by atoms with Crippen molar-refractivity contribution in [1.29, 1.82) is 5.26 Å². The number of hydrogen-bond acceptors (Lipinski definition) is 6. The summed E-state index contributed by atoms with van der Waals surface area (Å²) < 4.78 is 2.83. The van der Waals surface area contributed by atoms with E-state index in [-0.39, 0.29) is 5.78 Å². The predicted octanol–water partition coefficient (Wildman–Crippen LogP) is 5.30. The van der Waals surface area contributed by atoms with Crippen LogP contribution in [0.5, 0.6) is 0 Å². The smallest absolute Gasteiger partial charge is 0.193 e. The monoisotopic (exact) mass is 412 g/mol. The lowest BCUT2D eigenvalue weighted by atomic mass is 9.99. The van der Waals surface area contributed by atoms with Crippen molar-refractivity contribution in [1.82, 2.24) is 14.5 Å². The zero-order valence-electron chi connectivity index (χ0n) is 14.4. The van der Waals surface area contributed by atoms with Crippen LogP contribution in [0, 0.1) is 25.2 Å². The first-order chi connectivity index (χ1) is 13.0. The molecule has 0 bridgehead atoms. The molecule has 0 aliphatic carbocycles. The number of aromatic nitrogens is 3. The van der Waals surface area contributed by atoms with Crippen LogP contribution in [-0.4, -0.2) is 20.3 Å². The Labute approximate surface area is 168 Å². The average molecular weight is 413 g/mol. The van der Waals surface area contributed by atoms with Gasteiger partial charge in [-0.1, -0.05) is 11.6 Å². The third kappa shape index (κ3) is 3.06. The zero-order valence-corrected chi connectivity index (χ0v) is 16.8. The molecule has 0 amide bonds. The molecule has 0 N–H and O–H groups in total. The Kier molecular flexibility index (Phi) is 4.56. The minimum absolute atomic E-state index is 0.251. The molecule has 27 heavy (non-hydrogen) atoms. The molecule has 0 aliphatic heterocycles. The Morgan fingerprint density at radius 3 is 2.85 bits per heavy atom. The fourth-order valence-corrected chi connectivity index (χ4v) is 4.97. The van der Waals surface area contributed by atoms with Crippen molar-refractivity contribution in [2.75, 3.05) is 0 Å². The van der Waals surface area contributed by atoms with Gasteiger partial charge in [-0.3, -0.25) is 9.36 Å². The minimum Gasteiger partial charge on any atom is -0.294 e. The Balaban J connectivity index is 1.76. The number of rotatable bonds is 4. The van der Waals surface area contributed by atoms with Gasteiger partial charge in [0.05, 0.1) is 16.3 Å². The minimum atomic E-state index is -0.952. The Bertz CT molecular complexity index is 1200. The average Bonchev–Trinajstić information content (AvgIpc) is 3.34. The van der Waals surface area contributed by atoms with Gasteiger partial charge in [-0.15, -0.1) is 22.7 Å². The maximum atomic E-state index is 13.2. The molecule has 1 atom stereocenters. The standard InChI is InChI=1S/C19H13ClN4OS2/c1-10-7-13(11(2)24(10)19-22-5-6-26-19)17(25)14(9-21)18-23-15-8-12(20)3-4-16(15)27-18/h3-8,14H,1-2H3. The number of Topliss-reactive ketones (excluding diaryl/α,β-unsaturated/α-hetero) is 1. The Morgan fingerprint density at radius 2 is 2.15 bits per heavy atom. The molecular weight excluding hydrogens is 400 g/mol.